The Morgan fingerprint density at radius 1 is 1.42 bits per heavy atom. The molecule has 0 bridgehead atoms. The highest BCUT2D eigenvalue weighted by molar-refractivity contribution is 7.13. The lowest BCUT2D eigenvalue weighted by atomic mass is 9.91. The third-order valence-corrected chi connectivity index (χ3v) is 4.07. The van der Waals surface area contributed by atoms with Gasteiger partial charge in [-0.1, -0.05) is 20.8 Å². The zero-order valence-electron chi connectivity index (χ0n) is 11.6. The maximum Gasteiger partial charge on any atom is 0.347 e. The van der Waals surface area contributed by atoms with Crippen LogP contribution in [0.1, 0.15) is 41.1 Å². The molecule has 6 heteroatoms. The van der Waals surface area contributed by atoms with E-state index in [0.717, 1.165) is 31.3 Å². The normalized spacial score (nSPS) is 17.6. The summed E-state index contributed by atoms with van der Waals surface area (Å²) in [7, 11) is 0. The van der Waals surface area contributed by atoms with Crippen LogP contribution in [0, 0.1) is 0 Å². The summed E-state index contributed by atoms with van der Waals surface area (Å²) in [6.45, 7) is 9.93. The van der Waals surface area contributed by atoms with Crippen molar-refractivity contribution >= 4 is 17.3 Å². The van der Waals surface area contributed by atoms with Gasteiger partial charge in [-0.25, -0.2) is 9.78 Å². The number of carbonyl (C=O) groups is 1. The first-order valence-electron chi connectivity index (χ1n) is 6.41. The van der Waals surface area contributed by atoms with E-state index in [2.05, 4.69) is 9.88 Å². The van der Waals surface area contributed by atoms with Gasteiger partial charge in [-0.15, -0.1) is 11.3 Å². The molecule has 1 fully saturated rings. The van der Waals surface area contributed by atoms with E-state index < -0.39 is 5.97 Å². The van der Waals surface area contributed by atoms with Crippen molar-refractivity contribution in [3.8, 4) is 0 Å². The minimum absolute atomic E-state index is 0.243. The molecule has 5 nitrogen and oxygen atoms in total. The first-order valence-corrected chi connectivity index (χ1v) is 7.23. The summed E-state index contributed by atoms with van der Waals surface area (Å²) < 4.78 is 5.31. The number of nitrogens with zero attached hydrogens (tertiary/aromatic N) is 2. The number of aromatic nitrogens is 1. The van der Waals surface area contributed by atoms with E-state index in [0.29, 0.717) is 17.1 Å². The predicted octanol–water partition coefficient (Wildman–Crippen LogP) is 1.97. The molecule has 2 heterocycles. The van der Waals surface area contributed by atoms with Crippen LogP contribution < -0.4 is 0 Å². The molecule has 0 aliphatic carbocycles. The number of aromatic carboxylic acids is 1. The zero-order chi connectivity index (χ0) is 14.0. The molecule has 0 saturated carbocycles. The van der Waals surface area contributed by atoms with Crippen molar-refractivity contribution in [2.45, 2.75) is 32.7 Å². The second-order valence-corrected chi connectivity index (χ2v) is 6.81. The van der Waals surface area contributed by atoms with Crippen molar-refractivity contribution in [1.82, 2.24) is 9.88 Å². The van der Waals surface area contributed by atoms with E-state index >= 15 is 0 Å². The van der Waals surface area contributed by atoms with Crippen LogP contribution in [0.25, 0.3) is 0 Å². The summed E-state index contributed by atoms with van der Waals surface area (Å²) in [6, 6.07) is 0. The number of carboxylic acid groups (broad SMARTS) is 1. The largest absolute Gasteiger partial charge is 0.477 e. The molecule has 0 spiro atoms. The van der Waals surface area contributed by atoms with Gasteiger partial charge in [-0.2, -0.15) is 0 Å². The number of hydrogen-bond donors (Lipinski definition) is 1. The molecule has 19 heavy (non-hydrogen) atoms. The Morgan fingerprint density at radius 3 is 2.53 bits per heavy atom. The van der Waals surface area contributed by atoms with Crippen LogP contribution in [0.4, 0.5) is 0 Å². The van der Waals surface area contributed by atoms with Gasteiger partial charge in [-0.3, -0.25) is 4.90 Å². The maximum atomic E-state index is 11.3. The van der Waals surface area contributed by atoms with E-state index in [9.17, 15) is 9.90 Å². The van der Waals surface area contributed by atoms with E-state index in [4.69, 9.17) is 4.74 Å². The Labute approximate surface area is 117 Å². The molecule has 1 saturated heterocycles. The molecule has 1 aromatic rings. The van der Waals surface area contributed by atoms with Crippen LogP contribution in [-0.4, -0.2) is 47.3 Å². The average Bonchev–Trinajstić information content (AvgIpc) is 2.74. The fourth-order valence-corrected chi connectivity index (χ4v) is 3.19. The van der Waals surface area contributed by atoms with E-state index in [1.165, 1.54) is 11.3 Å². The van der Waals surface area contributed by atoms with Crippen molar-refractivity contribution in [2.75, 3.05) is 26.3 Å². The highest BCUT2D eigenvalue weighted by Gasteiger charge is 2.27. The van der Waals surface area contributed by atoms with Crippen molar-refractivity contribution in [2.24, 2.45) is 0 Å². The quantitative estimate of drug-likeness (QED) is 0.919. The molecule has 1 N–H and O–H groups in total. The molecule has 0 amide bonds. The van der Waals surface area contributed by atoms with Gasteiger partial charge in [0, 0.05) is 18.5 Å². The van der Waals surface area contributed by atoms with E-state index in [1.54, 1.807) is 0 Å². The number of carboxylic acids is 1. The number of hydrogen-bond acceptors (Lipinski definition) is 5. The number of rotatable bonds is 3. The SMILES string of the molecule is CC(C)(C)c1nc(CN2CCOCC2)sc1C(=O)O. The van der Waals surface area contributed by atoms with Crippen molar-refractivity contribution in [3.63, 3.8) is 0 Å². The summed E-state index contributed by atoms with van der Waals surface area (Å²) in [5.74, 6) is -0.879. The Bertz CT molecular complexity index is 459. The van der Waals surface area contributed by atoms with Crippen molar-refractivity contribution in [1.29, 1.82) is 0 Å². The summed E-state index contributed by atoms with van der Waals surface area (Å²) in [5.41, 5.74) is 0.446. The number of morpholine rings is 1. The highest BCUT2D eigenvalue weighted by atomic mass is 32.1. The predicted molar refractivity (Wildman–Crippen MR) is 73.9 cm³/mol. The molecule has 0 radical (unpaired) electrons. The van der Waals surface area contributed by atoms with Gasteiger partial charge in [0.05, 0.1) is 25.5 Å². The van der Waals surface area contributed by atoms with Gasteiger partial charge in [0.25, 0.3) is 0 Å². The van der Waals surface area contributed by atoms with Crippen LogP contribution in [-0.2, 0) is 16.7 Å². The molecular weight excluding hydrogens is 264 g/mol. The highest BCUT2D eigenvalue weighted by Crippen LogP contribution is 2.30. The maximum absolute atomic E-state index is 11.3. The van der Waals surface area contributed by atoms with E-state index in [-0.39, 0.29) is 5.41 Å². The third-order valence-electron chi connectivity index (χ3n) is 3.04. The molecule has 106 valence electrons. The van der Waals surface area contributed by atoms with Crippen LogP contribution in [0.2, 0.25) is 0 Å². The van der Waals surface area contributed by atoms with Crippen LogP contribution in [0.3, 0.4) is 0 Å². The van der Waals surface area contributed by atoms with Crippen LogP contribution in [0.15, 0.2) is 0 Å². The van der Waals surface area contributed by atoms with Gasteiger partial charge in [0.2, 0.25) is 0 Å². The third kappa shape index (κ3) is 3.52. The molecule has 1 aliphatic rings. The van der Waals surface area contributed by atoms with Gasteiger partial charge in [-0.05, 0) is 0 Å². The zero-order valence-corrected chi connectivity index (χ0v) is 12.4. The molecule has 1 aromatic heterocycles. The fourth-order valence-electron chi connectivity index (χ4n) is 2.04. The molecule has 2 rings (SSSR count). The molecule has 1 aliphatic heterocycles. The Hall–Kier alpha value is -0.980. The second-order valence-electron chi connectivity index (χ2n) is 5.73. The Balaban J connectivity index is 2.20. The van der Waals surface area contributed by atoms with Crippen LogP contribution in [0.5, 0.6) is 0 Å². The monoisotopic (exact) mass is 284 g/mol. The summed E-state index contributed by atoms with van der Waals surface area (Å²) in [6.07, 6.45) is 0. The summed E-state index contributed by atoms with van der Waals surface area (Å²) >= 11 is 1.29. The van der Waals surface area contributed by atoms with Crippen molar-refractivity contribution in [3.05, 3.63) is 15.6 Å². The lowest BCUT2D eigenvalue weighted by molar-refractivity contribution is 0.0341. The first kappa shape index (κ1) is 14.4. The summed E-state index contributed by atoms with van der Waals surface area (Å²) in [4.78, 5) is 18.5. The lowest BCUT2D eigenvalue weighted by Crippen LogP contribution is -2.35. The average molecular weight is 284 g/mol. The molecule has 0 atom stereocenters. The Kier molecular flexibility index (Phi) is 4.23. The second kappa shape index (κ2) is 5.56. The topological polar surface area (TPSA) is 62.7 Å². The lowest BCUT2D eigenvalue weighted by Gasteiger charge is -2.25. The number of thiazole rings is 1. The van der Waals surface area contributed by atoms with Gasteiger partial charge >= 0.3 is 5.97 Å². The van der Waals surface area contributed by atoms with E-state index in [1.807, 2.05) is 20.8 Å². The molecule has 0 unspecified atom stereocenters. The van der Waals surface area contributed by atoms with Crippen molar-refractivity contribution < 1.29 is 14.6 Å². The van der Waals surface area contributed by atoms with Gasteiger partial charge in [0.1, 0.15) is 9.88 Å². The van der Waals surface area contributed by atoms with Gasteiger partial charge in [0.15, 0.2) is 0 Å². The first-order chi connectivity index (χ1) is 8.88. The standard InChI is InChI=1S/C13H20N2O3S/c1-13(2,3)11-10(12(16)17)19-9(14-11)8-15-4-6-18-7-5-15/h4-8H2,1-3H3,(H,16,17). The summed E-state index contributed by atoms with van der Waals surface area (Å²) in [5, 5.41) is 10.2. The molecular formula is C13H20N2O3S. The van der Waals surface area contributed by atoms with Gasteiger partial charge < -0.3 is 9.84 Å². The minimum Gasteiger partial charge on any atom is -0.477 e. The molecule has 0 aromatic carbocycles. The van der Waals surface area contributed by atoms with Crippen LogP contribution >= 0.6 is 11.3 Å². The Morgan fingerprint density at radius 2 is 2.05 bits per heavy atom. The fraction of sp³-hybridized carbons (Fsp3) is 0.692. The smallest absolute Gasteiger partial charge is 0.347 e. The number of ether oxygens (including phenoxy) is 1. The minimum atomic E-state index is -0.879.